The fourth-order valence-electron chi connectivity index (χ4n) is 2.33. The van der Waals surface area contributed by atoms with Crippen molar-refractivity contribution < 1.29 is 14.3 Å². The number of rotatable bonds is 5. The quantitative estimate of drug-likeness (QED) is 0.754. The van der Waals surface area contributed by atoms with E-state index in [1.807, 2.05) is 19.1 Å². The predicted octanol–water partition coefficient (Wildman–Crippen LogP) is 3.78. The number of ether oxygens (including phenoxy) is 2. The van der Waals surface area contributed by atoms with Crippen molar-refractivity contribution in [2.45, 2.75) is 6.92 Å². The smallest absolute Gasteiger partial charge is 0.267 e. The molecular weight excluding hydrogens is 338 g/mol. The van der Waals surface area contributed by atoms with Crippen LogP contribution in [-0.2, 0) is 0 Å². The van der Waals surface area contributed by atoms with E-state index in [0.29, 0.717) is 27.8 Å². The molecule has 0 aliphatic heterocycles. The Labute approximate surface area is 149 Å². The minimum Gasteiger partial charge on any atom is -0.493 e. The van der Waals surface area contributed by atoms with Gasteiger partial charge in [-0.1, -0.05) is 0 Å². The number of hydrogen-bond donors (Lipinski definition) is 1. The molecule has 0 spiro atoms. The Hall–Kier alpha value is -2.93. The monoisotopic (exact) mass is 355 g/mol. The van der Waals surface area contributed by atoms with Crippen LogP contribution in [0.5, 0.6) is 11.5 Å². The number of anilines is 1. The molecule has 0 aliphatic carbocycles. The number of pyridine rings is 1. The lowest BCUT2D eigenvalue weighted by atomic mass is 10.2. The number of aryl methyl sites for hydroxylation is 1. The lowest BCUT2D eigenvalue weighted by Crippen LogP contribution is -2.11. The topological polar surface area (TPSA) is 73.3 Å². The van der Waals surface area contributed by atoms with Gasteiger partial charge in [-0.25, -0.2) is 4.98 Å². The van der Waals surface area contributed by atoms with Crippen LogP contribution in [0.4, 0.5) is 5.69 Å². The Morgan fingerprint density at radius 2 is 1.80 bits per heavy atom. The maximum absolute atomic E-state index is 12.6. The molecule has 0 bridgehead atoms. The minimum atomic E-state index is -0.206. The third-order valence-corrected chi connectivity index (χ3v) is 4.78. The largest absolute Gasteiger partial charge is 0.493 e. The van der Waals surface area contributed by atoms with E-state index in [9.17, 15) is 4.79 Å². The third kappa shape index (κ3) is 3.61. The van der Waals surface area contributed by atoms with Crippen LogP contribution in [0.3, 0.4) is 0 Å². The minimum absolute atomic E-state index is 0.206. The highest BCUT2D eigenvalue weighted by atomic mass is 32.1. The SMILES string of the molecule is COc1ccc(NC(=O)c2sc(-c3ccncc3)nc2C)cc1OC. The standard InChI is InChI=1S/C18H17N3O3S/c1-11-16(25-18(20-11)12-6-8-19-9-7-12)17(22)21-13-4-5-14(23-2)15(10-13)24-3/h4-10H,1-3H3,(H,21,22). The fourth-order valence-corrected chi connectivity index (χ4v) is 3.29. The van der Waals surface area contributed by atoms with E-state index < -0.39 is 0 Å². The molecule has 25 heavy (non-hydrogen) atoms. The van der Waals surface area contributed by atoms with Gasteiger partial charge in [-0.15, -0.1) is 11.3 Å². The summed E-state index contributed by atoms with van der Waals surface area (Å²) in [6.07, 6.45) is 3.41. The highest BCUT2D eigenvalue weighted by Crippen LogP contribution is 2.31. The van der Waals surface area contributed by atoms with Gasteiger partial charge in [-0.3, -0.25) is 9.78 Å². The highest BCUT2D eigenvalue weighted by molar-refractivity contribution is 7.17. The van der Waals surface area contributed by atoms with E-state index in [0.717, 1.165) is 10.6 Å². The molecule has 2 heterocycles. The van der Waals surface area contributed by atoms with E-state index in [1.165, 1.54) is 11.3 Å². The predicted molar refractivity (Wildman–Crippen MR) is 97.6 cm³/mol. The lowest BCUT2D eigenvalue weighted by Gasteiger charge is -2.10. The number of thiazole rings is 1. The molecule has 0 atom stereocenters. The number of hydrogen-bond acceptors (Lipinski definition) is 6. The van der Waals surface area contributed by atoms with Crippen LogP contribution < -0.4 is 14.8 Å². The summed E-state index contributed by atoms with van der Waals surface area (Å²) >= 11 is 1.35. The number of carbonyl (C=O) groups is 1. The van der Waals surface area contributed by atoms with Crippen LogP contribution in [0.1, 0.15) is 15.4 Å². The second-order valence-corrected chi connectivity index (χ2v) is 6.19. The van der Waals surface area contributed by atoms with Gasteiger partial charge < -0.3 is 14.8 Å². The number of nitrogens with zero attached hydrogens (tertiary/aromatic N) is 2. The van der Waals surface area contributed by atoms with E-state index in [-0.39, 0.29) is 5.91 Å². The first-order chi connectivity index (χ1) is 12.1. The Balaban J connectivity index is 1.83. The van der Waals surface area contributed by atoms with Crippen molar-refractivity contribution in [3.8, 4) is 22.1 Å². The summed E-state index contributed by atoms with van der Waals surface area (Å²) in [5.74, 6) is 0.954. The highest BCUT2D eigenvalue weighted by Gasteiger charge is 2.17. The molecule has 0 unspecified atom stereocenters. The van der Waals surface area contributed by atoms with E-state index >= 15 is 0 Å². The van der Waals surface area contributed by atoms with E-state index in [2.05, 4.69) is 15.3 Å². The van der Waals surface area contributed by atoms with E-state index in [4.69, 9.17) is 9.47 Å². The number of aromatic nitrogens is 2. The number of carbonyl (C=O) groups excluding carboxylic acids is 1. The summed E-state index contributed by atoms with van der Waals surface area (Å²) in [5, 5.41) is 3.66. The zero-order chi connectivity index (χ0) is 17.8. The van der Waals surface area contributed by atoms with Crippen molar-refractivity contribution in [1.29, 1.82) is 0 Å². The van der Waals surface area contributed by atoms with E-state index in [1.54, 1.807) is 44.8 Å². The van der Waals surface area contributed by atoms with Gasteiger partial charge in [0.1, 0.15) is 9.88 Å². The maximum atomic E-state index is 12.6. The van der Waals surface area contributed by atoms with Crippen molar-refractivity contribution in [2.24, 2.45) is 0 Å². The Morgan fingerprint density at radius 3 is 2.48 bits per heavy atom. The molecular formula is C18H17N3O3S. The second kappa shape index (κ2) is 7.31. The van der Waals surface area contributed by atoms with Crippen LogP contribution in [-0.4, -0.2) is 30.1 Å². The normalized spacial score (nSPS) is 10.4. The second-order valence-electron chi connectivity index (χ2n) is 5.19. The van der Waals surface area contributed by atoms with Crippen molar-refractivity contribution in [1.82, 2.24) is 9.97 Å². The summed E-state index contributed by atoms with van der Waals surface area (Å²) in [5.41, 5.74) is 2.25. The Bertz CT molecular complexity index is 894. The molecule has 1 aromatic carbocycles. The van der Waals surface area contributed by atoms with Gasteiger partial charge >= 0.3 is 0 Å². The molecule has 3 aromatic rings. The Morgan fingerprint density at radius 1 is 1.08 bits per heavy atom. The van der Waals surface area contributed by atoms with Crippen LogP contribution in [0.15, 0.2) is 42.7 Å². The third-order valence-electron chi connectivity index (χ3n) is 3.57. The Kier molecular flexibility index (Phi) is 4.95. The molecule has 3 rings (SSSR count). The van der Waals surface area contributed by atoms with Gasteiger partial charge in [0.05, 0.1) is 19.9 Å². The summed E-state index contributed by atoms with van der Waals surface area (Å²) in [7, 11) is 3.12. The average Bonchev–Trinajstić information content (AvgIpc) is 3.04. The van der Waals surface area contributed by atoms with Crippen LogP contribution in [0.25, 0.3) is 10.6 Å². The first-order valence-corrected chi connectivity index (χ1v) is 8.35. The summed E-state index contributed by atoms with van der Waals surface area (Å²) in [6, 6.07) is 8.97. The average molecular weight is 355 g/mol. The van der Waals surface area contributed by atoms with Crippen molar-refractivity contribution in [2.75, 3.05) is 19.5 Å². The molecule has 7 heteroatoms. The fraction of sp³-hybridized carbons (Fsp3) is 0.167. The molecule has 1 amide bonds. The number of benzene rings is 1. The van der Waals surface area contributed by atoms with Crippen molar-refractivity contribution in [3.63, 3.8) is 0 Å². The van der Waals surface area contributed by atoms with Gasteiger partial charge in [-0.2, -0.15) is 0 Å². The first kappa shape index (κ1) is 16.9. The maximum Gasteiger partial charge on any atom is 0.267 e. The molecule has 2 aromatic heterocycles. The van der Waals surface area contributed by atoms with Gasteiger partial charge in [-0.05, 0) is 31.2 Å². The molecule has 6 nitrogen and oxygen atoms in total. The number of nitrogens with one attached hydrogen (secondary N) is 1. The number of methoxy groups -OCH3 is 2. The first-order valence-electron chi connectivity index (χ1n) is 7.53. The summed E-state index contributed by atoms with van der Waals surface area (Å²) < 4.78 is 10.5. The van der Waals surface area contributed by atoms with Crippen molar-refractivity contribution >= 4 is 22.9 Å². The van der Waals surface area contributed by atoms with Gasteiger partial charge in [0.25, 0.3) is 5.91 Å². The molecule has 0 radical (unpaired) electrons. The van der Waals surface area contributed by atoms with Crippen LogP contribution >= 0.6 is 11.3 Å². The molecule has 0 saturated carbocycles. The lowest BCUT2D eigenvalue weighted by molar-refractivity contribution is 0.103. The number of amides is 1. The summed E-state index contributed by atoms with van der Waals surface area (Å²) in [6.45, 7) is 1.82. The summed E-state index contributed by atoms with van der Waals surface area (Å²) in [4.78, 5) is 21.7. The van der Waals surface area contributed by atoms with Crippen LogP contribution in [0, 0.1) is 6.92 Å². The van der Waals surface area contributed by atoms with Gasteiger partial charge in [0.15, 0.2) is 11.5 Å². The van der Waals surface area contributed by atoms with Gasteiger partial charge in [0.2, 0.25) is 0 Å². The molecule has 0 aliphatic rings. The molecule has 0 fully saturated rings. The zero-order valence-corrected chi connectivity index (χ0v) is 14.9. The van der Waals surface area contributed by atoms with Crippen molar-refractivity contribution in [3.05, 3.63) is 53.3 Å². The van der Waals surface area contributed by atoms with Gasteiger partial charge in [0, 0.05) is 29.7 Å². The van der Waals surface area contributed by atoms with Crippen LogP contribution in [0.2, 0.25) is 0 Å². The molecule has 1 N–H and O–H groups in total. The molecule has 128 valence electrons. The zero-order valence-electron chi connectivity index (χ0n) is 14.1. The molecule has 0 saturated heterocycles.